The summed E-state index contributed by atoms with van der Waals surface area (Å²) in [5.41, 5.74) is 0. The third-order valence-electron chi connectivity index (χ3n) is 3.90. The van der Waals surface area contributed by atoms with Crippen molar-refractivity contribution in [2.75, 3.05) is 7.11 Å². The Balaban J connectivity index is 2.09. The molecule has 0 spiro atoms. The molecular formula is C13H20O4. The molecule has 0 amide bonds. The third kappa shape index (κ3) is 2.23. The highest BCUT2D eigenvalue weighted by Crippen LogP contribution is 2.41. The molecule has 0 aliphatic carbocycles. The number of esters is 1. The van der Waals surface area contributed by atoms with Crippen molar-refractivity contribution in [3.8, 4) is 0 Å². The van der Waals surface area contributed by atoms with Crippen molar-refractivity contribution >= 4 is 11.8 Å². The molecule has 2 heterocycles. The van der Waals surface area contributed by atoms with Gasteiger partial charge in [0.05, 0.1) is 19.3 Å². The lowest BCUT2D eigenvalue weighted by atomic mass is 9.78. The van der Waals surface area contributed by atoms with Crippen molar-refractivity contribution in [3.05, 3.63) is 0 Å². The van der Waals surface area contributed by atoms with Crippen LogP contribution in [0.2, 0.25) is 0 Å². The van der Waals surface area contributed by atoms with Gasteiger partial charge < -0.3 is 9.47 Å². The molecule has 2 saturated heterocycles. The second-order valence-corrected chi connectivity index (χ2v) is 5.36. The van der Waals surface area contributed by atoms with E-state index in [0.29, 0.717) is 0 Å². The van der Waals surface area contributed by atoms with Crippen LogP contribution in [0.4, 0.5) is 0 Å². The molecule has 0 aromatic rings. The molecule has 2 aliphatic heterocycles. The topological polar surface area (TPSA) is 52.6 Å². The second kappa shape index (κ2) is 4.77. The quantitative estimate of drug-likeness (QED) is 0.553. The molecule has 4 atom stereocenters. The van der Waals surface area contributed by atoms with Crippen molar-refractivity contribution < 1.29 is 19.1 Å². The Morgan fingerprint density at radius 1 is 1.29 bits per heavy atom. The van der Waals surface area contributed by atoms with E-state index in [4.69, 9.17) is 9.47 Å². The average Bonchev–Trinajstić information content (AvgIpc) is 2.89. The summed E-state index contributed by atoms with van der Waals surface area (Å²) in [4.78, 5) is 24.1. The van der Waals surface area contributed by atoms with Gasteiger partial charge in [0.15, 0.2) is 5.78 Å². The maximum atomic E-state index is 12.4. The number of carbonyl (C=O) groups is 2. The van der Waals surface area contributed by atoms with Crippen LogP contribution < -0.4 is 0 Å². The largest absolute Gasteiger partial charge is 0.468 e. The first-order valence-corrected chi connectivity index (χ1v) is 6.31. The van der Waals surface area contributed by atoms with Gasteiger partial charge in [0.2, 0.25) is 0 Å². The summed E-state index contributed by atoms with van der Waals surface area (Å²) >= 11 is 0. The van der Waals surface area contributed by atoms with E-state index in [2.05, 4.69) is 0 Å². The zero-order valence-electron chi connectivity index (χ0n) is 10.6. The Morgan fingerprint density at radius 3 is 2.41 bits per heavy atom. The number of Topliss-reactive ketones (excluding diaryl/α,β-unsaturated/α-hetero) is 1. The molecular weight excluding hydrogens is 220 g/mol. The van der Waals surface area contributed by atoms with Crippen LogP contribution in [-0.4, -0.2) is 31.1 Å². The fourth-order valence-corrected chi connectivity index (χ4v) is 3.01. The molecule has 0 radical (unpaired) electrons. The average molecular weight is 240 g/mol. The molecule has 4 nitrogen and oxygen atoms in total. The lowest BCUT2D eigenvalue weighted by molar-refractivity contribution is -0.152. The highest BCUT2D eigenvalue weighted by Gasteiger charge is 2.48. The lowest BCUT2D eigenvalue weighted by Gasteiger charge is -2.24. The lowest BCUT2D eigenvalue weighted by Crippen LogP contribution is -2.38. The predicted octanol–water partition coefficient (Wildman–Crippen LogP) is 1.57. The van der Waals surface area contributed by atoms with Crippen LogP contribution in [0, 0.1) is 17.8 Å². The monoisotopic (exact) mass is 240 g/mol. The van der Waals surface area contributed by atoms with Crippen molar-refractivity contribution in [1.29, 1.82) is 0 Å². The molecule has 2 rings (SSSR count). The van der Waals surface area contributed by atoms with Gasteiger partial charge >= 0.3 is 5.97 Å². The first kappa shape index (κ1) is 12.6. The number of methoxy groups -OCH3 is 1. The summed E-state index contributed by atoms with van der Waals surface area (Å²) in [6.07, 6.45) is 3.06. The minimum absolute atomic E-state index is 0.0130. The highest BCUT2D eigenvalue weighted by molar-refractivity contribution is 6.00. The van der Waals surface area contributed by atoms with Gasteiger partial charge in [0.1, 0.15) is 5.92 Å². The SMILES string of the molecule is COC(=O)C(C(=O)C1CC2CCC1O2)C(C)C. The fraction of sp³-hybridized carbons (Fsp3) is 0.846. The Labute approximate surface area is 102 Å². The van der Waals surface area contributed by atoms with E-state index >= 15 is 0 Å². The minimum atomic E-state index is -0.632. The van der Waals surface area contributed by atoms with Crippen LogP contribution in [0.15, 0.2) is 0 Å². The first-order chi connectivity index (χ1) is 8.04. The van der Waals surface area contributed by atoms with Gasteiger partial charge in [-0.05, 0) is 25.2 Å². The molecule has 4 unspecified atom stereocenters. The number of carbonyl (C=O) groups excluding carboxylic acids is 2. The van der Waals surface area contributed by atoms with Gasteiger partial charge in [0.25, 0.3) is 0 Å². The molecule has 0 aromatic carbocycles. The van der Waals surface area contributed by atoms with E-state index in [1.807, 2.05) is 13.8 Å². The van der Waals surface area contributed by atoms with E-state index in [1.54, 1.807) is 0 Å². The summed E-state index contributed by atoms with van der Waals surface area (Å²) in [5, 5.41) is 0. The van der Waals surface area contributed by atoms with E-state index in [0.717, 1.165) is 19.3 Å². The van der Waals surface area contributed by atoms with Crippen LogP contribution in [-0.2, 0) is 19.1 Å². The normalized spacial score (nSPS) is 32.8. The molecule has 0 N–H and O–H groups in total. The van der Waals surface area contributed by atoms with Gasteiger partial charge in [-0.25, -0.2) is 0 Å². The van der Waals surface area contributed by atoms with Gasteiger partial charge in [-0.3, -0.25) is 9.59 Å². The van der Waals surface area contributed by atoms with Gasteiger partial charge in [0, 0.05) is 5.92 Å². The fourth-order valence-electron chi connectivity index (χ4n) is 3.01. The summed E-state index contributed by atoms with van der Waals surface area (Å²) < 4.78 is 10.4. The summed E-state index contributed by atoms with van der Waals surface area (Å²) in [6.45, 7) is 3.76. The van der Waals surface area contributed by atoms with E-state index < -0.39 is 11.9 Å². The maximum Gasteiger partial charge on any atom is 0.316 e. The molecule has 0 aromatic heterocycles. The molecule has 17 heavy (non-hydrogen) atoms. The summed E-state index contributed by atoms with van der Waals surface area (Å²) in [5.74, 6) is -1.14. The number of hydrogen-bond donors (Lipinski definition) is 0. The molecule has 4 heteroatoms. The zero-order valence-corrected chi connectivity index (χ0v) is 10.6. The van der Waals surface area contributed by atoms with Gasteiger partial charge in [-0.2, -0.15) is 0 Å². The Morgan fingerprint density at radius 2 is 2.00 bits per heavy atom. The molecule has 2 fully saturated rings. The smallest absolute Gasteiger partial charge is 0.316 e. The Bertz CT molecular complexity index is 323. The van der Waals surface area contributed by atoms with Crippen molar-refractivity contribution in [3.63, 3.8) is 0 Å². The maximum absolute atomic E-state index is 12.4. The number of fused-ring (bicyclic) bond motifs is 2. The number of hydrogen-bond acceptors (Lipinski definition) is 4. The van der Waals surface area contributed by atoms with Crippen LogP contribution in [0.1, 0.15) is 33.1 Å². The number of ether oxygens (including phenoxy) is 2. The van der Waals surface area contributed by atoms with Gasteiger partial charge in [-0.1, -0.05) is 13.8 Å². The molecule has 2 bridgehead atoms. The van der Waals surface area contributed by atoms with Crippen molar-refractivity contribution in [2.24, 2.45) is 17.8 Å². The van der Waals surface area contributed by atoms with Crippen LogP contribution in [0.25, 0.3) is 0 Å². The van der Waals surface area contributed by atoms with Crippen LogP contribution >= 0.6 is 0 Å². The first-order valence-electron chi connectivity index (χ1n) is 6.31. The zero-order chi connectivity index (χ0) is 12.6. The highest BCUT2D eigenvalue weighted by atomic mass is 16.5. The standard InChI is InChI=1S/C13H20O4/c1-7(2)11(13(15)16-3)12(14)9-6-8-4-5-10(9)17-8/h7-11H,4-6H2,1-3H3. The van der Waals surface area contributed by atoms with Crippen molar-refractivity contribution in [1.82, 2.24) is 0 Å². The van der Waals surface area contributed by atoms with Crippen LogP contribution in [0.3, 0.4) is 0 Å². The Hall–Kier alpha value is -0.900. The summed E-state index contributed by atoms with van der Waals surface area (Å²) in [6, 6.07) is 0. The molecule has 96 valence electrons. The van der Waals surface area contributed by atoms with E-state index in [9.17, 15) is 9.59 Å². The second-order valence-electron chi connectivity index (χ2n) is 5.36. The molecule has 2 aliphatic rings. The number of ketones is 1. The van der Waals surface area contributed by atoms with Crippen molar-refractivity contribution in [2.45, 2.75) is 45.3 Å². The van der Waals surface area contributed by atoms with E-state index in [1.165, 1.54) is 7.11 Å². The number of rotatable bonds is 4. The summed E-state index contributed by atoms with van der Waals surface area (Å²) in [7, 11) is 1.34. The predicted molar refractivity (Wildman–Crippen MR) is 61.4 cm³/mol. The minimum Gasteiger partial charge on any atom is -0.468 e. The third-order valence-corrected chi connectivity index (χ3v) is 3.90. The van der Waals surface area contributed by atoms with E-state index in [-0.39, 0.29) is 29.8 Å². The Kier molecular flexibility index (Phi) is 3.52. The molecule has 0 saturated carbocycles. The van der Waals surface area contributed by atoms with Gasteiger partial charge in [-0.15, -0.1) is 0 Å². The van der Waals surface area contributed by atoms with Crippen LogP contribution in [0.5, 0.6) is 0 Å².